The van der Waals surface area contributed by atoms with Gasteiger partial charge in [0.1, 0.15) is 18.3 Å². The molecule has 0 aliphatic carbocycles. The van der Waals surface area contributed by atoms with E-state index in [1.165, 1.54) is 13.1 Å². The molecule has 3 rings (SSSR count). The third-order valence-electron chi connectivity index (χ3n) is 3.77. The van der Waals surface area contributed by atoms with Crippen molar-refractivity contribution in [3.05, 3.63) is 26.9 Å². The van der Waals surface area contributed by atoms with Crippen molar-refractivity contribution in [1.29, 1.82) is 0 Å². The van der Waals surface area contributed by atoms with E-state index in [1.54, 1.807) is 0 Å². The molecular weight excluding hydrogens is 481 g/mol. The molecule has 2 aliphatic rings. The molecule has 6 atom stereocenters. The molecule has 164 valence electrons. The number of aromatic amines is 1. The molecule has 1 aromatic heterocycles. The number of H-pyrrole nitrogens is 1. The molecule has 0 amide bonds. The molecule has 19 heteroatoms. The fraction of sp³-hybridized carbons (Fsp3) is 0.600. The molecule has 2 saturated heterocycles. The Morgan fingerprint density at radius 2 is 1.76 bits per heavy atom. The van der Waals surface area contributed by atoms with Gasteiger partial charge < -0.3 is 24.7 Å². The van der Waals surface area contributed by atoms with E-state index in [-0.39, 0.29) is 10.3 Å². The van der Waals surface area contributed by atoms with Gasteiger partial charge >= 0.3 is 23.5 Å². The molecule has 0 spiro atoms. The standard InChI is InChI=1S/C10H15N2O13P3S/c1-4-2-12(10(29)11-8(4)15)9-7(14)6(13)5(22-9)3-21-28(20)24-26(16,17)23-27(18,19)25-28/h2,5-7,9,13-14H,3H2,1H3,(H,16,17)(H,18,19)(H,11,15,29). The topological polar surface area (TPSA) is 216 Å². The molecule has 2 aliphatic heterocycles. The maximum Gasteiger partial charge on any atom is 0.492 e. The van der Waals surface area contributed by atoms with E-state index in [0.717, 1.165) is 4.57 Å². The van der Waals surface area contributed by atoms with Gasteiger partial charge in [-0.3, -0.25) is 18.9 Å². The zero-order chi connectivity index (χ0) is 21.8. The van der Waals surface area contributed by atoms with Crippen molar-refractivity contribution < 1.29 is 55.9 Å². The summed E-state index contributed by atoms with van der Waals surface area (Å²) in [5.74, 6) is 0. The Morgan fingerprint density at radius 3 is 2.34 bits per heavy atom. The van der Waals surface area contributed by atoms with E-state index in [0.29, 0.717) is 0 Å². The lowest BCUT2D eigenvalue weighted by atomic mass is 10.1. The summed E-state index contributed by atoms with van der Waals surface area (Å²) in [5.41, 5.74) is -0.234. The number of hydrogen-bond acceptors (Lipinski definition) is 12. The molecule has 15 nitrogen and oxygen atoms in total. The third kappa shape index (κ3) is 5.02. The number of aliphatic hydroxyl groups excluding tert-OH is 2. The number of nitrogens with zero attached hydrogens (tertiary/aromatic N) is 1. The lowest BCUT2D eigenvalue weighted by Crippen LogP contribution is -2.34. The Bertz CT molecular complexity index is 1040. The Hall–Kier alpha value is -0.570. The second-order valence-electron chi connectivity index (χ2n) is 5.95. The van der Waals surface area contributed by atoms with Crippen molar-refractivity contribution in [1.82, 2.24) is 9.55 Å². The van der Waals surface area contributed by atoms with Gasteiger partial charge in [-0.05, 0) is 19.1 Å². The second-order valence-corrected chi connectivity index (χ2v) is 11.3. The quantitative estimate of drug-likeness (QED) is 0.278. The number of aromatic nitrogens is 2. The minimum Gasteiger partial charge on any atom is -0.387 e. The zero-order valence-corrected chi connectivity index (χ0v) is 17.8. The largest absolute Gasteiger partial charge is 0.492 e. The highest BCUT2D eigenvalue weighted by Gasteiger charge is 2.55. The van der Waals surface area contributed by atoms with Crippen molar-refractivity contribution in [3.8, 4) is 0 Å². The van der Waals surface area contributed by atoms with Gasteiger partial charge in [0.2, 0.25) is 0 Å². The van der Waals surface area contributed by atoms with E-state index < -0.39 is 60.2 Å². The number of ether oxygens (including phenoxy) is 1. The highest BCUT2D eigenvalue weighted by atomic mass is 32.1. The lowest BCUT2D eigenvalue weighted by Gasteiger charge is -2.27. The van der Waals surface area contributed by atoms with Crippen molar-refractivity contribution in [2.45, 2.75) is 31.5 Å². The van der Waals surface area contributed by atoms with Gasteiger partial charge in [0.15, 0.2) is 11.0 Å². The summed E-state index contributed by atoms with van der Waals surface area (Å²) >= 11 is 4.99. The normalized spacial score (nSPS) is 42.8. The van der Waals surface area contributed by atoms with Crippen LogP contribution < -0.4 is 5.56 Å². The summed E-state index contributed by atoms with van der Waals surface area (Å²) in [5, 5.41) is 20.4. The number of hydrogen-bond donors (Lipinski definition) is 5. The van der Waals surface area contributed by atoms with Crippen LogP contribution in [0.25, 0.3) is 0 Å². The van der Waals surface area contributed by atoms with E-state index in [9.17, 15) is 38.5 Å². The summed E-state index contributed by atoms with van der Waals surface area (Å²) in [6, 6.07) is 0. The average molecular weight is 496 g/mol. The smallest absolute Gasteiger partial charge is 0.387 e. The molecule has 2 fully saturated rings. The predicted molar refractivity (Wildman–Crippen MR) is 93.0 cm³/mol. The highest BCUT2D eigenvalue weighted by Crippen LogP contribution is 2.80. The molecule has 0 bridgehead atoms. The molecule has 0 aromatic carbocycles. The van der Waals surface area contributed by atoms with Crippen LogP contribution in [-0.2, 0) is 35.9 Å². The first kappa shape index (κ1) is 23.1. The molecule has 6 unspecified atom stereocenters. The first-order valence-electron chi connectivity index (χ1n) is 7.60. The third-order valence-corrected chi connectivity index (χ3v) is 9.45. The van der Waals surface area contributed by atoms with Crippen molar-refractivity contribution >= 4 is 35.7 Å². The van der Waals surface area contributed by atoms with E-state index in [4.69, 9.17) is 17.0 Å². The number of rotatable bonds is 4. The number of aryl methyl sites for hydroxylation is 1. The van der Waals surface area contributed by atoms with E-state index >= 15 is 0 Å². The average Bonchev–Trinajstić information content (AvgIpc) is 2.81. The first-order chi connectivity index (χ1) is 13.2. The van der Waals surface area contributed by atoms with Gasteiger partial charge in [-0.15, -0.1) is 0 Å². The second kappa shape index (κ2) is 7.84. The highest BCUT2D eigenvalue weighted by molar-refractivity contribution is 7.74. The van der Waals surface area contributed by atoms with Crippen LogP contribution in [0.15, 0.2) is 11.0 Å². The van der Waals surface area contributed by atoms with Crippen LogP contribution in [-0.4, -0.2) is 54.5 Å². The van der Waals surface area contributed by atoms with Crippen molar-refractivity contribution in [2.75, 3.05) is 6.61 Å². The fourth-order valence-electron chi connectivity index (χ4n) is 2.51. The molecule has 1 aromatic rings. The van der Waals surface area contributed by atoms with Crippen molar-refractivity contribution in [2.24, 2.45) is 0 Å². The van der Waals surface area contributed by atoms with Crippen LogP contribution in [0, 0.1) is 11.7 Å². The minimum absolute atomic E-state index is 0.121. The van der Waals surface area contributed by atoms with Crippen LogP contribution in [0.5, 0.6) is 0 Å². The van der Waals surface area contributed by atoms with E-state index in [2.05, 4.69) is 22.4 Å². The van der Waals surface area contributed by atoms with Crippen LogP contribution in [0.3, 0.4) is 0 Å². The van der Waals surface area contributed by atoms with Crippen LogP contribution >= 0.6 is 35.7 Å². The molecule has 5 N–H and O–H groups in total. The molecule has 0 saturated carbocycles. The number of nitrogens with one attached hydrogen (secondary N) is 1. The van der Waals surface area contributed by atoms with Crippen LogP contribution in [0.2, 0.25) is 0 Å². The predicted octanol–water partition coefficient (Wildman–Crippen LogP) is 0.222. The van der Waals surface area contributed by atoms with Gasteiger partial charge in [-0.1, -0.05) is 0 Å². The molecular formula is C10H15N2O13P3S. The van der Waals surface area contributed by atoms with Gasteiger partial charge in [0, 0.05) is 11.8 Å². The summed E-state index contributed by atoms with van der Waals surface area (Å²) < 4.78 is 58.0. The SMILES string of the molecule is Cc1cn(C2OC(COP3(=O)OP(=O)(O)OP(=O)(O)O3)C(O)C2O)c(=S)[nH]c1=O. The summed E-state index contributed by atoms with van der Waals surface area (Å²) in [6.07, 6.45) is -4.62. The number of phosphoric acid groups is 3. The minimum atomic E-state index is -5.23. The molecule has 3 heterocycles. The molecule has 0 radical (unpaired) electrons. The maximum absolute atomic E-state index is 12.2. The van der Waals surface area contributed by atoms with Gasteiger partial charge in [-0.25, -0.2) is 13.7 Å². The van der Waals surface area contributed by atoms with Crippen molar-refractivity contribution in [3.63, 3.8) is 0 Å². The van der Waals surface area contributed by atoms with Gasteiger partial charge in [0.25, 0.3) is 5.56 Å². The Morgan fingerprint density at radius 1 is 1.17 bits per heavy atom. The monoisotopic (exact) mass is 496 g/mol. The fourth-order valence-corrected chi connectivity index (χ4v) is 7.70. The summed E-state index contributed by atoms with van der Waals surface area (Å²) in [4.78, 5) is 32.3. The van der Waals surface area contributed by atoms with Gasteiger partial charge in [0.05, 0.1) is 6.61 Å². The van der Waals surface area contributed by atoms with Crippen LogP contribution in [0.4, 0.5) is 0 Å². The first-order valence-corrected chi connectivity index (χ1v) is 12.5. The maximum atomic E-state index is 12.2. The molecule has 29 heavy (non-hydrogen) atoms. The van der Waals surface area contributed by atoms with Gasteiger partial charge in [-0.2, -0.15) is 12.9 Å². The Labute approximate surface area is 166 Å². The summed E-state index contributed by atoms with van der Waals surface area (Å²) in [7, 11) is -15.5. The summed E-state index contributed by atoms with van der Waals surface area (Å²) in [6.45, 7) is 0.607. The Kier molecular flexibility index (Phi) is 6.25. The Balaban J connectivity index is 1.76. The number of aliphatic hydroxyl groups is 2. The van der Waals surface area contributed by atoms with E-state index in [1.807, 2.05) is 0 Å². The zero-order valence-electron chi connectivity index (χ0n) is 14.3. The lowest BCUT2D eigenvalue weighted by molar-refractivity contribution is -0.0537. The van der Waals surface area contributed by atoms with Crippen LogP contribution in [0.1, 0.15) is 11.8 Å².